The average Bonchev–Trinajstić information content (AvgIpc) is 2.60. The zero-order chi connectivity index (χ0) is 11.7. The van der Waals surface area contributed by atoms with Crippen molar-refractivity contribution < 1.29 is 0 Å². The molecule has 0 saturated heterocycles. The number of hydrogen-bond donors (Lipinski definition) is 1. The molecule has 0 fully saturated rings. The van der Waals surface area contributed by atoms with Crippen LogP contribution in [0.2, 0.25) is 0 Å². The van der Waals surface area contributed by atoms with E-state index in [1.165, 1.54) is 23.2 Å². The fourth-order valence-corrected chi connectivity index (χ4v) is 2.52. The maximum absolute atomic E-state index is 4.52. The van der Waals surface area contributed by atoms with Crippen molar-refractivity contribution in [2.45, 2.75) is 13.3 Å². The molecule has 0 unspecified atom stereocenters. The van der Waals surface area contributed by atoms with Crippen molar-refractivity contribution >= 4 is 22.3 Å². The molecule has 0 atom stereocenters. The number of aromatic nitrogens is 1. The third-order valence-electron chi connectivity index (χ3n) is 3.37. The molecule has 1 N–H and O–H groups in total. The van der Waals surface area contributed by atoms with Crippen LogP contribution in [0.3, 0.4) is 0 Å². The molecule has 0 spiro atoms. The quantitative estimate of drug-likeness (QED) is 0.812. The van der Waals surface area contributed by atoms with Crippen LogP contribution in [0.25, 0.3) is 10.9 Å². The summed E-state index contributed by atoms with van der Waals surface area (Å²) in [6, 6.07) is 8.37. The zero-order valence-electron chi connectivity index (χ0n) is 10.1. The monoisotopic (exact) mass is 227 g/mol. The predicted octanol–water partition coefficient (Wildman–Crippen LogP) is 2.88. The third kappa shape index (κ3) is 1.71. The van der Waals surface area contributed by atoms with Gasteiger partial charge in [-0.15, -0.1) is 0 Å². The molecule has 1 aliphatic heterocycles. The molecular weight excluding hydrogens is 210 g/mol. The Morgan fingerprint density at radius 2 is 2.24 bits per heavy atom. The lowest BCUT2D eigenvalue weighted by atomic mass is 10.1. The molecule has 3 nitrogen and oxygen atoms in total. The number of benzene rings is 1. The summed E-state index contributed by atoms with van der Waals surface area (Å²) in [6.45, 7) is 5.40. The van der Waals surface area contributed by atoms with Crippen molar-refractivity contribution in [3.8, 4) is 0 Å². The van der Waals surface area contributed by atoms with Crippen molar-refractivity contribution in [1.82, 2.24) is 4.98 Å². The van der Waals surface area contributed by atoms with Crippen LogP contribution in [0.4, 0.5) is 11.4 Å². The van der Waals surface area contributed by atoms with Crippen LogP contribution >= 0.6 is 0 Å². The maximum atomic E-state index is 4.52. The molecule has 0 amide bonds. The van der Waals surface area contributed by atoms with Crippen LogP contribution in [0.5, 0.6) is 0 Å². The summed E-state index contributed by atoms with van der Waals surface area (Å²) in [6.07, 6.45) is 3.14. The second-order valence-electron chi connectivity index (χ2n) is 4.40. The van der Waals surface area contributed by atoms with E-state index in [9.17, 15) is 0 Å². The minimum Gasteiger partial charge on any atom is -0.382 e. The Kier molecular flexibility index (Phi) is 2.59. The van der Waals surface area contributed by atoms with Gasteiger partial charge in [0.15, 0.2) is 0 Å². The van der Waals surface area contributed by atoms with Gasteiger partial charge in [0.1, 0.15) is 0 Å². The maximum Gasteiger partial charge on any atom is 0.0771 e. The molecule has 1 aromatic carbocycles. The highest BCUT2D eigenvalue weighted by Crippen LogP contribution is 2.34. The minimum atomic E-state index is 1.03. The van der Waals surface area contributed by atoms with Crippen LogP contribution < -0.4 is 10.2 Å². The summed E-state index contributed by atoms with van der Waals surface area (Å²) in [4.78, 5) is 6.96. The number of nitrogens with one attached hydrogen (secondary N) is 1. The number of para-hydroxylation sites is 1. The minimum absolute atomic E-state index is 1.03. The fraction of sp³-hybridized carbons (Fsp3) is 0.357. The van der Waals surface area contributed by atoms with E-state index < -0.39 is 0 Å². The third-order valence-corrected chi connectivity index (χ3v) is 3.37. The lowest BCUT2D eigenvalue weighted by Crippen LogP contribution is -2.23. The molecule has 0 radical (unpaired) electrons. The Hall–Kier alpha value is -1.77. The van der Waals surface area contributed by atoms with Crippen molar-refractivity contribution in [2.75, 3.05) is 29.9 Å². The molecule has 3 rings (SSSR count). The van der Waals surface area contributed by atoms with Crippen molar-refractivity contribution in [1.29, 1.82) is 0 Å². The SMILES string of the molecule is CCN1CCCNc2cnc3ccccc3c21. The number of pyridine rings is 1. The molecule has 0 bridgehead atoms. The summed E-state index contributed by atoms with van der Waals surface area (Å²) in [5.41, 5.74) is 3.56. The highest BCUT2D eigenvalue weighted by Gasteiger charge is 2.16. The molecule has 0 aliphatic carbocycles. The smallest absolute Gasteiger partial charge is 0.0771 e. The predicted molar refractivity (Wildman–Crippen MR) is 72.7 cm³/mol. The first-order valence-electron chi connectivity index (χ1n) is 6.26. The lowest BCUT2D eigenvalue weighted by molar-refractivity contribution is 0.788. The zero-order valence-corrected chi connectivity index (χ0v) is 10.1. The molecule has 88 valence electrons. The summed E-state index contributed by atoms with van der Waals surface area (Å²) >= 11 is 0. The standard InChI is InChI=1S/C14H17N3/c1-2-17-9-5-8-15-13-10-16-12-7-4-3-6-11(12)14(13)17/h3-4,6-7,10,15H,2,5,8-9H2,1H3. The summed E-state index contributed by atoms with van der Waals surface area (Å²) < 4.78 is 0. The van der Waals surface area contributed by atoms with Gasteiger partial charge >= 0.3 is 0 Å². The normalized spacial score (nSPS) is 15.2. The Bertz CT molecular complexity index is 536. The van der Waals surface area contributed by atoms with Crippen molar-refractivity contribution in [2.24, 2.45) is 0 Å². The Morgan fingerprint density at radius 3 is 3.12 bits per heavy atom. The Morgan fingerprint density at radius 1 is 1.35 bits per heavy atom. The van der Waals surface area contributed by atoms with E-state index in [1.807, 2.05) is 12.3 Å². The van der Waals surface area contributed by atoms with Gasteiger partial charge in [0, 0.05) is 25.0 Å². The van der Waals surface area contributed by atoms with E-state index >= 15 is 0 Å². The molecular formula is C14H17N3. The van der Waals surface area contributed by atoms with E-state index in [-0.39, 0.29) is 0 Å². The summed E-state index contributed by atoms with van der Waals surface area (Å²) in [5.74, 6) is 0. The van der Waals surface area contributed by atoms with Gasteiger partial charge in [-0.05, 0) is 19.4 Å². The van der Waals surface area contributed by atoms with Crippen molar-refractivity contribution in [3.63, 3.8) is 0 Å². The van der Waals surface area contributed by atoms with Gasteiger partial charge in [-0.2, -0.15) is 0 Å². The average molecular weight is 227 g/mol. The van der Waals surface area contributed by atoms with Crippen LogP contribution in [-0.2, 0) is 0 Å². The first-order valence-corrected chi connectivity index (χ1v) is 6.26. The van der Waals surface area contributed by atoms with E-state index in [4.69, 9.17) is 0 Å². The second-order valence-corrected chi connectivity index (χ2v) is 4.40. The number of fused-ring (bicyclic) bond motifs is 3. The van der Waals surface area contributed by atoms with Gasteiger partial charge in [-0.1, -0.05) is 18.2 Å². The van der Waals surface area contributed by atoms with Crippen molar-refractivity contribution in [3.05, 3.63) is 30.5 Å². The highest BCUT2D eigenvalue weighted by molar-refractivity contribution is 5.98. The van der Waals surface area contributed by atoms with Crippen LogP contribution in [0.1, 0.15) is 13.3 Å². The Balaban J connectivity index is 2.27. The number of anilines is 2. The summed E-state index contributed by atoms with van der Waals surface area (Å²) in [7, 11) is 0. The van der Waals surface area contributed by atoms with E-state index in [2.05, 4.69) is 40.3 Å². The first kappa shape index (κ1) is 10.4. The summed E-state index contributed by atoms with van der Waals surface area (Å²) in [5, 5.41) is 4.73. The van der Waals surface area contributed by atoms with Gasteiger partial charge in [-0.3, -0.25) is 4.98 Å². The van der Waals surface area contributed by atoms with Gasteiger partial charge in [0.25, 0.3) is 0 Å². The van der Waals surface area contributed by atoms with Gasteiger partial charge in [-0.25, -0.2) is 0 Å². The Labute approximate surface area is 101 Å². The van der Waals surface area contributed by atoms with E-state index in [0.717, 1.165) is 25.2 Å². The second kappa shape index (κ2) is 4.24. The van der Waals surface area contributed by atoms with Crippen LogP contribution in [-0.4, -0.2) is 24.6 Å². The molecule has 1 aromatic heterocycles. The molecule has 2 heterocycles. The van der Waals surface area contributed by atoms with E-state index in [0.29, 0.717) is 0 Å². The highest BCUT2D eigenvalue weighted by atomic mass is 15.2. The number of rotatable bonds is 1. The van der Waals surface area contributed by atoms with Crippen LogP contribution in [0.15, 0.2) is 30.5 Å². The van der Waals surface area contributed by atoms with Gasteiger partial charge in [0.2, 0.25) is 0 Å². The molecule has 2 aromatic rings. The van der Waals surface area contributed by atoms with E-state index in [1.54, 1.807) is 0 Å². The largest absolute Gasteiger partial charge is 0.382 e. The molecule has 3 heteroatoms. The lowest BCUT2D eigenvalue weighted by Gasteiger charge is -2.24. The molecule has 0 saturated carbocycles. The number of nitrogens with zero attached hydrogens (tertiary/aromatic N) is 2. The molecule has 1 aliphatic rings. The topological polar surface area (TPSA) is 28.2 Å². The fourth-order valence-electron chi connectivity index (χ4n) is 2.52. The van der Waals surface area contributed by atoms with Crippen LogP contribution in [0, 0.1) is 0 Å². The number of hydrogen-bond acceptors (Lipinski definition) is 3. The molecule has 17 heavy (non-hydrogen) atoms. The van der Waals surface area contributed by atoms with Gasteiger partial charge < -0.3 is 10.2 Å². The van der Waals surface area contributed by atoms with Gasteiger partial charge in [0.05, 0.1) is 23.1 Å². The first-order chi connectivity index (χ1) is 8.40.